The van der Waals surface area contributed by atoms with Gasteiger partial charge in [-0.2, -0.15) is 0 Å². The zero-order valence-electron chi connectivity index (χ0n) is 13.3. The van der Waals surface area contributed by atoms with Crippen molar-refractivity contribution in [2.75, 3.05) is 42.3 Å². The van der Waals surface area contributed by atoms with Crippen LogP contribution in [0, 0.1) is 0 Å². The number of quaternary nitrogens is 3. The fraction of sp³-hybridized carbons (Fsp3) is 1.00. The highest BCUT2D eigenvalue weighted by Gasteiger charge is 2.63. The van der Waals surface area contributed by atoms with Gasteiger partial charge < -0.3 is 0 Å². The molecule has 0 aliphatic heterocycles. The Morgan fingerprint density at radius 1 is 0.824 bits per heavy atom. The Morgan fingerprint density at radius 3 is 1.29 bits per heavy atom. The maximum absolute atomic E-state index is 7.00. The molecule has 17 heavy (non-hydrogen) atoms. The van der Waals surface area contributed by atoms with Crippen LogP contribution in [0.5, 0.6) is 0 Å². The molecule has 4 nitrogen and oxygen atoms in total. The molecule has 0 aliphatic rings. The van der Waals surface area contributed by atoms with Gasteiger partial charge in [0.2, 0.25) is 11.8 Å². The van der Waals surface area contributed by atoms with Crippen LogP contribution in [0.15, 0.2) is 0 Å². The molecule has 0 spiro atoms. The molecule has 5 heteroatoms. The Hall–Kier alpha value is 0.130. The monoisotopic (exact) mass is 267 g/mol. The van der Waals surface area contributed by atoms with E-state index >= 15 is 0 Å². The molecule has 0 N–H and O–H groups in total. The van der Waals surface area contributed by atoms with Crippen molar-refractivity contribution in [3.63, 3.8) is 0 Å². The molecule has 0 rings (SSSR count). The van der Waals surface area contributed by atoms with Gasteiger partial charge in [0.05, 0.1) is 5.01 Å². The van der Waals surface area contributed by atoms with Gasteiger partial charge in [0, 0.05) is 9.40 Å². The van der Waals surface area contributed by atoms with Gasteiger partial charge in [0.1, 0.15) is 0 Å². The molecule has 0 saturated heterocycles. The minimum Gasteiger partial charge on any atom is -0.0239 e. The molecule has 0 aromatic carbocycles. The molecule has 1 radical (unpaired) electrons. The standard InChI is InChI=1S/C12H32ClN4/c1-11(2)17(13,12(3)4)16(9,10)15(7,8)14(5)6/h11-12H,1-10H3/q+4. The number of halogens is 1. The minimum atomic E-state index is 0.337. The minimum absolute atomic E-state index is 0.337. The van der Waals surface area contributed by atoms with Crippen molar-refractivity contribution in [2.45, 2.75) is 39.8 Å². The number of rotatable bonds is 5. The number of hydrogen-bond donors (Lipinski definition) is 0. The molecule has 0 saturated carbocycles. The van der Waals surface area contributed by atoms with Crippen LogP contribution in [0.25, 0.3) is 0 Å². The molecule has 0 aliphatic carbocycles. The van der Waals surface area contributed by atoms with Gasteiger partial charge in [0.25, 0.3) is 0 Å². The van der Waals surface area contributed by atoms with Gasteiger partial charge in [-0.25, -0.2) is 0 Å². The van der Waals surface area contributed by atoms with Crippen molar-refractivity contribution in [1.29, 1.82) is 0 Å². The molecule has 103 valence electrons. The fourth-order valence-electron chi connectivity index (χ4n) is 2.50. The summed E-state index contributed by atoms with van der Waals surface area (Å²) < 4.78 is 1.79. The average Bonchev–Trinajstić information content (AvgIpc) is 2.14. The molecule has 0 heterocycles. The van der Waals surface area contributed by atoms with E-state index < -0.39 is 0 Å². The number of nitrogens with zero attached hydrogens (tertiary/aromatic N) is 4. The van der Waals surface area contributed by atoms with Crippen LogP contribution >= 0.6 is 11.8 Å². The summed E-state index contributed by atoms with van der Waals surface area (Å²) in [5.41, 5.74) is 0. The summed E-state index contributed by atoms with van der Waals surface area (Å²) in [6, 6.07) is 0.674. The Morgan fingerprint density at radius 2 is 1.12 bits per heavy atom. The normalized spacial score (nSPS) is 15.2. The van der Waals surface area contributed by atoms with Crippen molar-refractivity contribution in [3.05, 3.63) is 0 Å². The van der Waals surface area contributed by atoms with E-state index in [0.717, 1.165) is 0 Å². The van der Waals surface area contributed by atoms with Gasteiger partial charge in [-0.05, 0) is 31.8 Å². The summed E-state index contributed by atoms with van der Waals surface area (Å²) in [6.45, 7) is 8.73. The number of hydrogen-bond acceptors (Lipinski definition) is 1. The molecule has 0 unspecified atom stereocenters. The Balaban J connectivity index is 5.70. The van der Waals surface area contributed by atoms with E-state index in [1.54, 1.807) is 0 Å². The highest BCUT2D eigenvalue weighted by Crippen LogP contribution is 2.35. The van der Waals surface area contributed by atoms with Gasteiger partial charge >= 0.3 is 0 Å². The van der Waals surface area contributed by atoms with E-state index in [4.69, 9.17) is 11.8 Å². The van der Waals surface area contributed by atoms with E-state index in [0.29, 0.717) is 25.6 Å². The second-order valence-electron chi connectivity index (χ2n) is 6.36. The second kappa shape index (κ2) is 5.02. The fourth-order valence-corrected chi connectivity index (χ4v) is 2.67. The summed E-state index contributed by atoms with van der Waals surface area (Å²) in [5, 5.41) is 2.18. The van der Waals surface area contributed by atoms with Crippen molar-refractivity contribution in [1.82, 2.24) is 5.01 Å². The second-order valence-corrected chi connectivity index (χ2v) is 6.90. The molecule has 0 aromatic rings. The van der Waals surface area contributed by atoms with Crippen LogP contribution in [-0.2, 0) is 0 Å². The van der Waals surface area contributed by atoms with Crippen molar-refractivity contribution < 1.29 is 13.5 Å². The lowest BCUT2D eigenvalue weighted by molar-refractivity contribution is -1.73. The summed E-state index contributed by atoms with van der Waals surface area (Å²) in [6.07, 6.45) is 0. The van der Waals surface area contributed by atoms with Crippen LogP contribution in [0.1, 0.15) is 27.7 Å². The van der Waals surface area contributed by atoms with Crippen LogP contribution in [0.2, 0.25) is 0 Å². The third-order valence-electron chi connectivity index (χ3n) is 4.38. The molecule has 0 fully saturated rings. The summed E-state index contributed by atoms with van der Waals surface area (Å²) in [5.74, 6) is 0. The lowest BCUT2D eigenvalue weighted by Gasteiger charge is -2.50. The van der Waals surface area contributed by atoms with Gasteiger partial charge in [-0.1, -0.05) is 0 Å². The Kier molecular flexibility index (Phi) is 5.05. The van der Waals surface area contributed by atoms with Crippen LogP contribution in [0.3, 0.4) is 0 Å². The van der Waals surface area contributed by atoms with Gasteiger partial charge in [-0.3, -0.25) is 0 Å². The largest absolute Gasteiger partial charge is 0.229 e. The maximum Gasteiger partial charge on any atom is 0.229 e. The van der Waals surface area contributed by atoms with Crippen LogP contribution < -0.4 is 5.01 Å². The first kappa shape index (κ1) is 17.1. The summed E-state index contributed by atoms with van der Waals surface area (Å²) in [7, 11) is 12.9. The molecule has 0 amide bonds. The third-order valence-corrected chi connectivity index (χ3v) is 5.53. The van der Waals surface area contributed by atoms with E-state index in [9.17, 15) is 0 Å². The predicted octanol–water partition coefficient (Wildman–Crippen LogP) is 2.07. The van der Waals surface area contributed by atoms with E-state index in [1.807, 2.05) is 0 Å². The first-order chi connectivity index (χ1) is 7.33. The van der Waals surface area contributed by atoms with Crippen LogP contribution in [-0.4, -0.2) is 67.9 Å². The summed E-state index contributed by atoms with van der Waals surface area (Å²) >= 11 is 7.00. The molecular formula is C12H32ClN4+4. The van der Waals surface area contributed by atoms with Crippen LogP contribution in [0.4, 0.5) is 0 Å². The van der Waals surface area contributed by atoms with Crippen molar-refractivity contribution in [2.24, 2.45) is 0 Å². The first-order valence-electron chi connectivity index (χ1n) is 6.28. The zero-order chi connectivity index (χ0) is 14.2. The lowest BCUT2D eigenvalue weighted by Crippen LogP contribution is -2.84. The molecule has 0 aromatic heterocycles. The smallest absolute Gasteiger partial charge is 0.0239 e. The Bertz CT molecular complexity index is 251. The molecular weight excluding hydrogens is 236 g/mol. The van der Waals surface area contributed by atoms with E-state index in [-0.39, 0.29) is 0 Å². The SMILES string of the molecule is CC(C)[N+](Cl)(C(C)C)[N+](C)(C)[N+](C)(C)[N+](C)C. The topological polar surface area (TPSA) is 5.90 Å². The van der Waals surface area contributed by atoms with Crippen molar-refractivity contribution in [3.8, 4) is 0 Å². The van der Waals surface area contributed by atoms with Gasteiger partial charge in [-0.15, -0.1) is 0 Å². The Labute approximate surface area is 113 Å². The molecule has 0 atom stereocenters. The lowest BCUT2D eigenvalue weighted by atomic mass is 10.3. The zero-order valence-corrected chi connectivity index (χ0v) is 14.1. The first-order valence-corrected chi connectivity index (χ1v) is 6.62. The predicted molar refractivity (Wildman–Crippen MR) is 74.6 cm³/mol. The van der Waals surface area contributed by atoms with Gasteiger partial charge in [0.15, 0.2) is 54.4 Å². The highest BCUT2D eigenvalue weighted by molar-refractivity contribution is 6.06. The maximum atomic E-state index is 7.00. The third kappa shape index (κ3) is 2.47. The average molecular weight is 268 g/mol. The van der Waals surface area contributed by atoms with E-state index in [1.165, 1.54) is 0 Å². The highest BCUT2D eigenvalue weighted by atomic mass is 35.5. The molecule has 0 bridgehead atoms. The van der Waals surface area contributed by atoms with E-state index in [2.05, 4.69) is 75.0 Å². The van der Waals surface area contributed by atoms with Crippen molar-refractivity contribution >= 4 is 11.8 Å². The summed E-state index contributed by atoms with van der Waals surface area (Å²) in [4.78, 5) is 0. The quantitative estimate of drug-likeness (QED) is 0.311.